The van der Waals surface area contributed by atoms with Crippen LogP contribution in [0.25, 0.3) is 0 Å². The highest BCUT2D eigenvalue weighted by molar-refractivity contribution is 5.89. The molecule has 0 spiro atoms. The van der Waals surface area contributed by atoms with Crippen molar-refractivity contribution in [3.63, 3.8) is 0 Å². The molecule has 0 fully saturated rings. The summed E-state index contributed by atoms with van der Waals surface area (Å²) < 4.78 is 4.73. The number of nitrogen functional groups attached to an aromatic ring is 1. The molecule has 0 aliphatic heterocycles. The second-order valence-electron chi connectivity index (χ2n) is 3.50. The van der Waals surface area contributed by atoms with Gasteiger partial charge in [0, 0.05) is 17.2 Å². The molecule has 0 aromatic heterocycles. The van der Waals surface area contributed by atoms with E-state index in [-0.39, 0.29) is 0 Å². The Morgan fingerprint density at radius 1 is 1.38 bits per heavy atom. The van der Waals surface area contributed by atoms with Gasteiger partial charge in [0.1, 0.15) is 0 Å². The summed E-state index contributed by atoms with van der Waals surface area (Å²) in [4.78, 5) is 11.1. The third-order valence-electron chi connectivity index (χ3n) is 2.12. The van der Waals surface area contributed by atoms with Gasteiger partial charge in [-0.25, -0.2) is 4.79 Å². The van der Waals surface area contributed by atoms with Crippen molar-refractivity contribution >= 4 is 11.7 Å². The van der Waals surface area contributed by atoms with Gasteiger partial charge in [-0.05, 0) is 44.0 Å². The molecule has 0 saturated carbocycles. The maximum Gasteiger partial charge on any atom is 0.384 e. The first-order chi connectivity index (χ1) is 7.54. The molecule has 0 radical (unpaired) electrons. The molecule has 0 saturated heterocycles. The van der Waals surface area contributed by atoms with Gasteiger partial charge in [0.05, 0.1) is 6.61 Å². The van der Waals surface area contributed by atoms with Crippen LogP contribution in [0.2, 0.25) is 0 Å². The van der Waals surface area contributed by atoms with Gasteiger partial charge in [0.25, 0.3) is 0 Å². The number of benzene rings is 1. The molecule has 1 aromatic carbocycles. The minimum Gasteiger partial charge on any atom is -0.456 e. The number of anilines is 1. The molecule has 1 rings (SSSR count). The molecule has 0 aliphatic carbocycles. The van der Waals surface area contributed by atoms with Gasteiger partial charge in [0.15, 0.2) is 0 Å². The Labute approximate surface area is 95.6 Å². The van der Waals surface area contributed by atoms with E-state index in [1.165, 1.54) is 0 Å². The van der Waals surface area contributed by atoms with Gasteiger partial charge in [-0.2, -0.15) is 0 Å². The van der Waals surface area contributed by atoms with E-state index in [1.54, 1.807) is 6.92 Å². The van der Waals surface area contributed by atoms with Crippen LogP contribution >= 0.6 is 0 Å². The van der Waals surface area contributed by atoms with Gasteiger partial charge < -0.3 is 10.5 Å². The summed E-state index contributed by atoms with van der Waals surface area (Å²) in [6.45, 7) is 5.92. The molecular formula is C13H15NO2. The monoisotopic (exact) mass is 217 g/mol. The van der Waals surface area contributed by atoms with Gasteiger partial charge >= 0.3 is 5.97 Å². The number of carbonyl (C=O) groups is 1. The van der Waals surface area contributed by atoms with Crippen LogP contribution in [0.5, 0.6) is 0 Å². The van der Waals surface area contributed by atoms with E-state index in [0.29, 0.717) is 12.3 Å². The van der Waals surface area contributed by atoms with E-state index in [9.17, 15) is 4.79 Å². The van der Waals surface area contributed by atoms with E-state index >= 15 is 0 Å². The van der Waals surface area contributed by atoms with Crippen LogP contribution in [0, 0.1) is 25.7 Å². The first kappa shape index (κ1) is 12.1. The number of carbonyl (C=O) groups excluding carboxylic acids is 1. The SMILES string of the molecule is CCOC(=O)C#Cc1c(C)cc(N)cc1C. The zero-order valence-corrected chi connectivity index (χ0v) is 9.76. The summed E-state index contributed by atoms with van der Waals surface area (Å²) >= 11 is 0. The van der Waals surface area contributed by atoms with Crippen molar-refractivity contribution in [2.45, 2.75) is 20.8 Å². The topological polar surface area (TPSA) is 52.3 Å². The molecule has 16 heavy (non-hydrogen) atoms. The lowest BCUT2D eigenvalue weighted by molar-refractivity contribution is -0.136. The third-order valence-corrected chi connectivity index (χ3v) is 2.12. The summed E-state index contributed by atoms with van der Waals surface area (Å²) in [5.74, 6) is 4.76. The second-order valence-corrected chi connectivity index (χ2v) is 3.50. The Morgan fingerprint density at radius 2 is 1.94 bits per heavy atom. The van der Waals surface area contributed by atoms with Crippen LogP contribution in [-0.4, -0.2) is 12.6 Å². The molecule has 0 bridgehead atoms. The first-order valence-electron chi connectivity index (χ1n) is 5.10. The smallest absolute Gasteiger partial charge is 0.384 e. The van der Waals surface area contributed by atoms with Crippen molar-refractivity contribution in [3.8, 4) is 11.8 Å². The van der Waals surface area contributed by atoms with E-state index < -0.39 is 5.97 Å². The highest BCUT2D eigenvalue weighted by Gasteiger charge is 2.01. The summed E-state index contributed by atoms with van der Waals surface area (Å²) in [7, 11) is 0. The molecule has 0 amide bonds. The minimum absolute atomic E-state index is 0.340. The quantitative estimate of drug-likeness (QED) is 0.443. The molecular weight excluding hydrogens is 202 g/mol. The van der Waals surface area contributed by atoms with E-state index in [2.05, 4.69) is 11.8 Å². The molecule has 0 atom stereocenters. The predicted molar refractivity (Wildman–Crippen MR) is 63.8 cm³/mol. The predicted octanol–water partition coefficient (Wildman–Crippen LogP) is 1.80. The van der Waals surface area contributed by atoms with Crippen molar-refractivity contribution in [2.24, 2.45) is 0 Å². The lowest BCUT2D eigenvalue weighted by Crippen LogP contribution is -2.00. The maximum atomic E-state index is 11.1. The number of ether oxygens (including phenoxy) is 1. The summed E-state index contributed by atoms with van der Waals surface area (Å²) in [6, 6.07) is 3.67. The van der Waals surface area contributed by atoms with Crippen molar-refractivity contribution in [1.29, 1.82) is 0 Å². The molecule has 3 heteroatoms. The minimum atomic E-state index is -0.502. The summed E-state index contributed by atoms with van der Waals surface area (Å²) in [5, 5.41) is 0. The van der Waals surface area contributed by atoms with Crippen LogP contribution in [0.3, 0.4) is 0 Å². The molecule has 0 unspecified atom stereocenters. The van der Waals surface area contributed by atoms with Crippen LogP contribution in [-0.2, 0) is 9.53 Å². The van der Waals surface area contributed by atoms with E-state index in [4.69, 9.17) is 10.5 Å². The van der Waals surface area contributed by atoms with Crippen LogP contribution in [0.15, 0.2) is 12.1 Å². The molecule has 2 N–H and O–H groups in total. The Hall–Kier alpha value is -1.95. The average molecular weight is 217 g/mol. The first-order valence-corrected chi connectivity index (χ1v) is 5.10. The number of nitrogens with two attached hydrogens (primary N) is 1. The molecule has 3 nitrogen and oxygen atoms in total. The molecule has 0 heterocycles. The third kappa shape index (κ3) is 3.03. The van der Waals surface area contributed by atoms with E-state index in [0.717, 1.165) is 16.7 Å². The zero-order chi connectivity index (χ0) is 12.1. The highest BCUT2D eigenvalue weighted by atomic mass is 16.5. The largest absolute Gasteiger partial charge is 0.456 e. The Morgan fingerprint density at radius 3 is 2.44 bits per heavy atom. The van der Waals surface area contributed by atoms with Crippen LogP contribution in [0.1, 0.15) is 23.6 Å². The number of hydrogen-bond donors (Lipinski definition) is 1. The van der Waals surface area contributed by atoms with Gasteiger partial charge in [0.2, 0.25) is 0 Å². The fraction of sp³-hybridized carbons (Fsp3) is 0.308. The Balaban J connectivity index is 3.01. The summed E-state index contributed by atoms with van der Waals surface area (Å²) in [6.07, 6.45) is 0. The number of rotatable bonds is 1. The number of hydrogen-bond acceptors (Lipinski definition) is 3. The second kappa shape index (κ2) is 5.22. The van der Waals surface area contributed by atoms with Crippen molar-refractivity contribution in [3.05, 3.63) is 28.8 Å². The molecule has 1 aromatic rings. The standard InChI is InChI=1S/C13H15NO2/c1-4-16-13(15)6-5-12-9(2)7-11(14)8-10(12)3/h7-8H,4,14H2,1-3H3. The van der Waals surface area contributed by atoms with Crippen LogP contribution < -0.4 is 5.73 Å². The van der Waals surface area contributed by atoms with Crippen LogP contribution in [0.4, 0.5) is 5.69 Å². The van der Waals surface area contributed by atoms with Gasteiger partial charge in [-0.1, -0.05) is 5.92 Å². The lowest BCUT2D eigenvalue weighted by Gasteiger charge is -2.04. The zero-order valence-electron chi connectivity index (χ0n) is 9.76. The lowest BCUT2D eigenvalue weighted by atomic mass is 10.0. The van der Waals surface area contributed by atoms with E-state index in [1.807, 2.05) is 26.0 Å². The average Bonchev–Trinajstić information content (AvgIpc) is 2.16. The van der Waals surface area contributed by atoms with Gasteiger partial charge in [-0.15, -0.1) is 0 Å². The normalized spacial score (nSPS) is 9.19. The van der Waals surface area contributed by atoms with Gasteiger partial charge in [-0.3, -0.25) is 0 Å². The van der Waals surface area contributed by atoms with Crippen molar-refractivity contribution < 1.29 is 9.53 Å². The van der Waals surface area contributed by atoms with Crippen molar-refractivity contribution in [2.75, 3.05) is 12.3 Å². The van der Waals surface area contributed by atoms with Crippen molar-refractivity contribution in [1.82, 2.24) is 0 Å². The Bertz CT molecular complexity index is 444. The molecule has 0 aliphatic rings. The Kier molecular flexibility index (Phi) is 3.96. The fourth-order valence-corrected chi connectivity index (χ4v) is 1.47. The molecule has 84 valence electrons. The maximum absolute atomic E-state index is 11.1. The number of aryl methyl sites for hydroxylation is 2. The summed E-state index contributed by atoms with van der Waals surface area (Å²) in [5.41, 5.74) is 9.17. The highest BCUT2D eigenvalue weighted by Crippen LogP contribution is 2.16. The number of esters is 1. The fourth-order valence-electron chi connectivity index (χ4n) is 1.47.